The van der Waals surface area contributed by atoms with E-state index in [9.17, 15) is 9.59 Å². The van der Waals surface area contributed by atoms with Crippen LogP contribution in [0.4, 0.5) is 10.6 Å². The molecule has 0 radical (unpaired) electrons. The fourth-order valence-electron chi connectivity index (χ4n) is 3.95. The zero-order valence-corrected chi connectivity index (χ0v) is 16.3. The first-order chi connectivity index (χ1) is 14.0. The van der Waals surface area contributed by atoms with Crippen LogP contribution in [0.2, 0.25) is 0 Å². The van der Waals surface area contributed by atoms with E-state index in [-0.39, 0.29) is 29.7 Å². The third kappa shape index (κ3) is 4.22. The summed E-state index contributed by atoms with van der Waals surface area (Å²) in [6, 6.07) is 4.77. The number of carbonyl (C=O) groups is 2. The number of hydrazone groups is 1. The number of hydrogen-bond donors (Lipinski definition) is 2. The summed E-state index contributed by atoms with van der Waals surface area (Å²) in [5, 5.41) is 6.65. The number of fused-ring (bicyclic) bond motifs is 3. The van der Waals surface area contributed by atoms with Crippen LogP contribution in [-0.2, 0) is 14.3 Å². The number of nitrogens with zero attached hydrogens (tertiary/aromatic N) is 2. The molecule has 4 rings (SSSR count). The first-order valence-electron chi connectivity index (χ1n) is 9.74. The molecule has 1 aromatic rings. The number of ether oxygens (including phenoxy) is 2. The van der Waals surface area contributed by atoms with Crippen molar-refractivity contribution in [1.29, 1.82) is 0 Å². The number of epoxide rings is 1. The van der Waals surface area contributed by atoms with Gasteiger partial charge in [0.25, 0.3) is 0 Å². The normalized spacial score (nSPS) is 33.1. The van der Waals surface area contributed by atoms with E-state index in [2.05, 4.69) is 40.4 Å². The van der Waals surface area contributed by atoms with E-state index in [1.165, 1.54) is 0 Å². The van der Waals surface area contributed by atoms with Crippen molar-refractivity contribution >= 4 is 24.0 Å². The van der Waals surface area contributed by atoms with Gasteiger partial charge in [-0.3, -0.25) is 5.32 Å². The van der Waals surface area contributed by atoms with Crippen LogP contribution < -0.4 is 10.7 Å². The van der Waals surface area contributed by atoms with Crippen LogP contribution >= 0.6 is 0 Å². The quantitative estimate of drug-likeness (QED) is 0.269. The topological polar surface area (TPSA) is 105 Å². The lowest BCUT2D eigenvalue weighted by atomic mass is 9.84. The first kappa shape index (κ1) is 19.3. The maximum absolute atomic E-state index is 12.0. The molecule has 0 spiro atoms. The SMILES string of the molecule is C=C1C(=O)O[C@H]2[C@H]1CCC(/C=N/NC(=O)Nc1ccccn1)=C\CC[C@@]1(C)O[C@@H]21. The highest BCUT2D eigenvalue weighted by Gasteiger charge is 2.61. The van der Waals surface area contributed by atoms with Crippen molar-refractivity contribution < 1.29 is 19.1 Å². The van der Waals surface area contributed by atoms with Crippen LogP contribution in [0.1, 0.15) is 32.6 Å². The second-order valence-electron chi connectivity index (χ2n) is 7.75. The molecule has 1 aliphatic carbocycles. The number of rotatable bonds is 3. The number of urea groups is 1. The van der Waals surface area contributed by atoms with E-state index in [1.54, 1.807) is 30.6 Å². The van der Waals surface area contributed by atoms with E-state index in [1.807, 2.05) is 0 Å². The Kier molecular flexibility index (Phi) is 5.19. The molecule has 2 amide bonds. The molecule has 152 valence electrons. The lowest BCUT2D eigenvalue weighted by molar-refractivity contribution is -0.140. The standard InChI is InChI=1S/C21H24N4O4/c1-13-15-9-8-14(12-23-25-20(27)24-16-7-3-4-11-22-16)6-5-10-21(2)18(29-21)17(15)28-19(13)26/h3-4,6-7,11-12,15,17-18H,1,5,8-10H2,2H3,(H2,22,24,25,27)/b14-6+,23-12+/t15-,17-,18-,21+/m0/s1. The zero-order valence-electron chi connectivity index (χ0n) is 16.3. The number of anilines is 1. The van der Waals surface area contributed by atoms with E-state index >= 15 is 0 Å². The molecular formula is C21H24N4O4. The summed E-state index contributed by atoms with van der Waals surface area (Å²) in [5.41, 5.74) is 3.67. The Morgan fingerprint density at radius 3 is 3.10 bits per heavy atom. The summed E-state index contributed by atoms with van der Waals surface area (Å²) in [6.07, 6.45) is 8.08. The van der Waals surface area contributed by atoms with Gasteiger partial charge in [0.15, 0.2) is 0 Å². The van der Waals surface area contributed by atoms with Crippen LogP contribution in [0.25, 0.3) is 0 Å². The van der Waals surface area contributed by atoms with Crippen molar-refractivity contribution in [2.75, 3.05) is 5.32 Å². The summed E-state index contributed by atoms with van der Waals surface area (Å²) in [7, 11) is 0. The number of pyridine rings is 1. The number of esters is 1. The number of carbonyl (C=O) groups excluding carboxylic acids is 2. The van der Waals surface area contributed by atoms with Gasteiger partial charge in [-0.15, -0.1) is 0 Å². The average molecular weight is 396 g/mol. The van der Waals surface area contributed by atoms with Crippen molar-refractivity contribution in [1.82, 2.24) is 10.4 Å². The Bertz CT molecular complexity index is 882. The van der Waals surface area contributed by atoms with Gasteiger partial charge in [0.2, 0.25) is 0 Å². The van der Waals surface area contributed by atoms with E-state index in [4.69, 9.17) is 9.47 Å². The molecule has 2 N–H and O–H groups in total. The molecule has 4 atom stereocenters. The molecule has 8 heteroatoms. The molecule has 0 aromatic carbocycles. The van der Waals surface area contributed by atoms with Gasteiger partial charge in [0.05, 0.1) is 11.8 Å². The van der Waals surface area contributed by atoms with Gasteiger partial charge < -0.3 is 9.47 Å². The highest BCUT2D eigenvalue weighted by molar-refractivity contribution is 5.91. The van der Waals surface area contributed by atoms with Gasteiger partial charge in [0, 0.05) is 17.7 Å². The Hall–Kier alpha value is -3.00. The maximum atomic E-state index is 12.0. The highest BCUT2D eigenvalue weighted by Crippen LogP contribution is 2.49. The molecule has 8 nitrogen and oxygen atoms in total. The molecule has 3 aliphatic rings. The number of allylic oxidation sites excluding steroid dienone is 2. The molecule has 3 heterocycles. The number of nitrogens with one attached hydrogen (secondary N) is 2. The van der Waals surface area contributed by atoms with Crippen molar-refractivity contribution in [2.24, 2.45) is 11.0 Å². The van der Waals surface area contributed by atoms with Crippen LogP contribution in [0.5, 0.6) is 0 Å². The summed E-state index contributed by atoms with van der Waals surface area (Å²) < 4.78 is 11.4. The lowest BCUT2D eigenvalue weighted by Gasteiger charge is -2.19. The minimum atomic E-state index is -0.467. The summed E-state index contributed by atoms with van der Waals surface area (Å²) in [4.78, 5) is 28.0. The van der Waals surface area contributed by atoms with Crippen molar-refractivity contribution in [3.8, 4) is 0 Å². The molecular weight excluding hydrogens is 372 g/mol. The van der Waals surface area contributed by atoms with Gasteiger partial charge in [-0.05, 0) is 50.3 Å². The van der Waals surface area contributed by atoms with E-state index < -0.39 is 6.03 Å². The highest BCUT2D eigenvalue weighted by atomic mass is 16.6. The lowest BCUT2D eigenvalue weighted by Crippen LogP contribution is -2.29. The summed E-state index contributed by atoms with van der Waals surface area (Å²) >= 11 is 0. The predicted octanol–water partition coefficient (Wildman–Crippen LogP) is 2.94. The maximum Gasteiger partial charge on any atom is 0.340 e. The van der Waals surface area contributed by atoms with Gasteiger partial charge in [0.1, 0.15) is 18.0 Å². The average Bonchev–Trinajstić information content (AvgIpc) is 3.29. The number of aromatic nitrogens is 1. The third-order valence-electron chi connectivity index (χ3n) is 5.68. The fourth-order valence-corrected chi connectivity index (χ4v) is 3.95. The van der Waals surface area contributed by atoms with E-state index in [0.717, 1.165) is 18.4 Å². The molecule has 0 unspecified atom stereocenters. The Balaban J connectivity index is 1.39. The van der Waals surface area contributed by atoms with Gasteiger partial charge in [-0.2, -0.15) is 5.10 Å². The second kappa shape index (κ2) is 7.79. The fraction of sp³-hybridized carbons (Fsp3) is 0.429. The van der Waals surface area contributed by atoms with Crippen molar-refractivity contribution in [3.05, 3.63) is 48.2 Å². The molecule has 0 bridgehead atoms. The van der Waals surface area contributed by atoms with Crippen LogP contribution in [-0.4, -0.2) is 41.0 Å². The van der Waals surface area contributed by atoms with Crippen LogP contribution in [0.15, 0.2) is 53.3 Å². The second-order valence-corrected chi connectivity index (χ2v) is 7.75. The van der Waals surface area contributed by atoms with Crippen LogP contribution in [0.3, 0.4) is 0 Å². The van der Waals surface area contributed by atoms with E-state index in [0.29, 0.717) is 24.2 Å². The van der Waals surface area contributed by atoms with Crippen LogP contribution in [0, 0.1) is 5.92 Å². The smallest absolute Gasteiger partial charge is 0.340 e. The first-order valence-corrected chi connectivity index (χ1v) is 9.74. The van der Waals surface area contributed by atoms with Gasteiger partial charge in [-0.25, -0.2) is 20.0 Å². The molecule has 2 aliphatic heterocycles. The molecule has 2 saturated heterocycles. The monoisotopic (exact) mass is 396 g/mol. The Labute approximate surface area is 169 Å². The largest absolute Gasteiger partial charge is 0.455 e. The van der Waals surface area contributed by atoms with Crippen molar-refractivity contribution in [3.63, 3.8) is 0 Å². The number of hydrogen-bond acceptors (Lipinski definition) is 6. The van der Waals surface area contributed by atoms with Gasteiger partial charge >= 0.3 is 12.0 Å². The summed E-state index contributed by atoms with van der Waals surface area (Å²) in [5.74, 6) is 0.0505. The third-order valence-corrected chi connectivity index (χ3v) is 5.68. The van der Waals surface area contributed by atoms with Gasteiger partial charge in [-0.1, -0.05) is 18.7 Å². The predicted molar refractivity (Wildman–Crippen MR) is 107 cm³/mol. The zero-order chi connectivity index (χ0) is 20.4. The minimum absolute atomic E-state index is 0.0590. The van der Waals surface area contributed by atoms with Crippen molar-refractivity contribution in [2.45, 2.75) is 50.4 Å². The molecule has 2 fully saturated rings. The summed E-state index contributed by atoms with van der Waals surface area (Å²) in [6.45, 7) is 5.97. The molecule has 0 saturated carbocycles. The minimum Gasteiger partial charge on any atom is -0.455 e. The Morgan fingerprint density at radius 1 is 1.45 bits per heavy atom. The molecule has 29 heavy (non-hydrogen) atoms. The number of amides is 2. The molecule has 1 aromatic heterocycles. The Morgan fingerprint density at radius 2 is 2.31 bits per heavy atom.